The van der Waals surface area contributed by atoms with Crippen LogP contribution in [-0.4, -0.2) is 20.9 Å². The van der Waals surface area contributed by atoms with Gasteiger partial charge in [-0.3, -0.25) is 9.10 Å². The maximum atomic E-state index is 13.6. The quantitative estimate of drug-likeness (QED) is 0.464. The number of carbonyl (C=O) groups is 1. The van der Waals surface area contributed by atoms with E-state index in [0.717, 1.165) is 27.8 Å². The Morgan fingerprint density at radius 2 is 1.62 bits per heavy atom. The van der Waals surface area contributed by atoms with Gasteiger partial charge in [-0.25, -0.2) is 8.42 Å². The third-order valence-corrected chi connectivity index (χ3v) is 7.41. The van der Waals surface area contributed by atoms with Crippen molar-refractivity contribution in [2.45, 2.75) is 46.1 Å². The van der Waals surface area contributed by atoms with E-state index in [1.165, 1.54) is 9.88 Å². The van der Waals surface area contributed by atoms with Gasteiger partial charge >= 0.3 is 0 Å². The van der Waals surface area contributed by atoms with Gasteiger partial charge in [0.25, 0.3) is 10.0 Å². The Bertz CT molecular complexity index is 1310. The molecule has 0 aliphatic heterocycles. The highest BCUT2D eigenvalue weighted by Crippen LogP contribution is 2.28. The van der Waals surface area contributed by atoms with Crippen molar-refractivity contribution in [3.8, 4) is 0 Å². The number of nitrogens with zero attached hydrogens (tertiary/aromatic N) is 1. The van der Waals surface area contributed by atoms with Gasteiger partial charge in [0.05, 0.1) is 10.6 Å². The molecule has 1 N–H and O–H groups in total. The topological polar surface area (TPSA) is 66.5 Å². The summed E-state index contributed by atoms with van der Waals surface area (Å²) >= 11 is 0. The molecular formula is C28H32N2O3S. The van der Waals surface area contributed by atoms with E-state index >= 15 is 0 Å². The second-order valence-electron chi connectivity index (χ2n) is 8.79. The first kappa shape index (κ1) is 25.2. The molecule has 3 aromatic rings. The maximum Gasteiger partial charge on any atom is 0.264 e. The Balaban J connectivity index is 1.87. The van der Waals surface area contributed by atoms with Crippen LogP contribution in [0.25, 0.3) is 6.08 Å². The van der Waals surface area contributed by atoms with Gasteiger partial charge in [0.2, 0.25) is 5.91 Å². The van der Waals surface area contributed by atoms with Crippen molar-refractivity contribution in [1.29, 1.82) is 0 Å². The van der Waals surface area contributed by atoms with E-state index in [2.05, 4.69) is 11.4 Å². The molecule has 0 aromatic heterocycles. The molecular weight excluding hydrogens is 444 g/mol. The second kappa shape index (κ2) is 10.7. The lowest BCUT2D eigenvalue weighted by Crippen LogP contribution is -2.41. The van der Waals surface area contributed by atoms with Crippen LogP contribution in [0.3, 0.4) is 0 Å². The summed E-state index contributed by atoms with van der Waals surface area (Å²) in [6.07, 6.45) is 2.07. The van der Waals surface area contributed by atoms with Crippen LogP contribution in [0.5, 0.6) is 0 Å². The summed E-state index contributed by atoms with van der Waals surface area (Å²) in [6, 6.07) is 20.1. The lowest BCUT2D eigenvalue weighted by molar-refractivity contribution is -0.119. The number of hydrogen-bond donors (Lipinski definition) is 1. The van der Waals surface area contributed by atoms with Gasteiger partial charge < -0.3 is 5.32 Å². The monoisotopic (exact) mass is 476 g/mol. The van der Waals surface area contributed by atoms with Gasteiger partial charge in [-0.15, -0.1) is 0 Å². The van der Waals surface area contributed by atoms with Gasteiger partial charge in [0.1, 0.15) is 6.54 Å². The molecule has 0 atom stereocenters. The van der Waals surface area contributed by atoms with Crippen LogP contribution < -0.4 is 9.62 Å². The van der Waals surface area contributed by atoms with E-state index in [0.29, 0.717) is 12.2 Å². The van der Waals surface area contributed by atoms with Gasteiger partial charge in [-0.1, -0.05) is 59.7 Å². The number of carbonyl (C=O) groups excluding carboxylic acids is 1. The number of rotatable bonds is 8. The Morgan fingerprint density at radius 1 is 0.941 bits per heavy atom. The van der Waals surface area contributed by atoms with Crippen molar-refractivity contribution in [1.82, 2.24) is 5.32 Å². The summed E-state index contributed by atoms with van der Waals surface area (Å²) in [5, 5.41) is 2.88. The molecule has 0 saturated heterocycles. The number of hydrogen-bond acceptors (Lipinski definition) is 3. The van der Waals surface area contributed by atoms with E-state index in [1.807, 2.05) is 71.0 Å². The van der Waals surface area contributed by atoms with Crippen molar-refractivity contribution >= 4 is 27.7 Å². The van der Waals surface area contributed by atoms with Crippen molar-refractivity contribution in [3.63, 3.8) is 0 Å². The molecule has 0 aliphatic carbocycles. The summed E-state index contributed by atoms with van der Waals surface area (Å²) in [5.74, 6) is -0.371. The Labute approximate surface area is 203 Å². The Hall–Kier alpha value is -3.38. The fourth-order valence-electron chi connectivity index (χ4n) is 3.66. The van der Waals surface area contributed by atoms with Gasteiger partial charge in [-0.05, 0) is 81.1 Å². The largest absolute Gasteiger partial charge is 0.350 e. The third kappa shape index (κ3) is 6.14. The predicted molar refractivity (Wildman–Crippen MR) is 139 cm³/mol. The molecule has 0 spiro atoms. The molecule has 0 fully saturated rings. The van der Waals surface area contributed by atoms with E-state index < -0.39 is 10.0 Å². The second-order valence-corrected chi connectivity index (χ2v) is 10.6. The van der Waals surface area contributed by atoms with Crippen LogP contribution >= 0.6 is 0 Å². The molecule has 5 nitrogen and oxygen atoms in total. The first-order valence-electron chi connectivity index (χ1n) is 11.2. The van der Waals surface area contributed by atoms with Crippen LogP contribution in [0.2, 0.25) is 0 Å². The molecule has 3 rings (SSSR count). The Morgan fingerprint density at radius 3 is 2.29 bits per heavy atom. The summed E-state index contributed by atoms with van der Waals surface area (Å²) in [7, 11) is -3.94. The number of nitrogens with one attached hydrogen (secondary N) is 1. The zero-order chi connectivity index (χ0) is 24.9. The molecule has 0 aliphatic rings. The van der Waals surface area contributed by atoms with Crippen molar-refractivity contribution in [2.75, 3.05) is 10.8 Å². The lowest BCUT2D eigenvalue weighted by Gasteiger charge is -2.26. The Kier molecular flexibility index (Phi) is 7.94. The fraction of sp³-hybridized carbons (Fsp3) is 0.250. The van der Waals surface area contributed by atoms with E-state index in [9.17, 15) is 13.2 Å². The molecule has 3 aromatic carbocycles. The SMILES string of the molecule is CC(C)=Cc1cccc(CNC(=O)CN(c2cccc(C)c2C)S(=O)(=O)c2ccc(C)cc2)c1. The minimum absolute atomic E-state index is 0.154. The molecule has 0 saturated carbocycles. The average molecular weight is 477 g/mol. The zero-order valence-corrected chi connectivity index (χ0v) is 21.2. The standard InChI is InChI=1S/C28H32N2O3S/c1-20(2)16-24-9-7-10-25(17-24)18-29-28(31)19-30(27-11-6-8-22(4)23(27)5)34(32,33)26-14-12-21(3)13-15-26/h6-17H,18-19H2,1-5H3,(H,29,31). The predicted octanol–water partition coefficient (Wildman–Crippen LogP) is 5.55. The van der Waals surface area contributed by atoms with Crippen LogP contribution in [-0.2, 0) is 21.4 Å². The lowest BCUT2D eigenvalue weighted by atomic mass is 10.1. The summed E-state index contributed by atoms with van der Waals surface area (Å²) in [4.78, 5) is 13.1. The van der Waals surface area contributed by atoms with Crippen molar-refractivity contribution < 1.29 is 13.2 Å². The van der Waals surface area contributed by atoms with E-state index in [-0.39, 0.29) is 17.3 Å². The number of sulfonamides is 1. The molecule has 0 radical (unpaired) electrons. The molecule has 0 bridgehead atoms. The summed E-state index contributed by atoms with van der Waals surface area (Å²) in [6.45, 7) is 9.77. The number of aryl methyl sites for hydroxylation is 2. The minimum Gasteiger partial charge on any atom is -0.350 e. The van der Waals surface area contributed by atoms with E-state index in [4.69, 9.17) is 0 Å². The molecule has 0 unspecified atom stereocenters. The number of anilines is 1. The van der Waals surface area contributed by atoms with Gasteiger partial charge in [0, 0.05) is 6.54 Å². The van der Waals surface area contributed by atoms with Gasteiger partial charge in [0.15, 0.2) is 0 Å². The van der Waals surface area contributed by atoms with Crippen molar-refractivity contribution in [3.05, 3.63) is 100 Å². The first-order valence-corrected chi connectivity index (χ1v) is 12.7. The maximum absolute atomic E-state index is 13.6. The number of allylic oxidation sites excluding steroid dienone is 1. The highest BCUT2D eigenvalue weighted by Gasteiger charge is 2.28. The third-order valence-electron chi connectivity index (χ3n) is 5.64. The van der Waals surface area contributed by atoms with Gasteiger partial charge in [-0.2, -0.15) is 0 Å². The minimum atomic E-state index is -3.94. The highest BCUT2D eigenvalue weighted by atomic mass is 32.2. The molecule has 178 valence electrons. The molecule has 6 heteroatoms. The number of benzene rings is 3. The summed E-state index contributed by atoms with van der Waals surface area (Å²) < 4.78 is 28.4. The fourth-order valence-corrected chi connectivity index (χ4v) is 5.13. The normalized spacial score (nSPS) is 11.1. The van der Waals surface area contributed by atoms with E-state index in [1.54, 1.807) is 30.3 Å². The first-order chi connectivity index (χ1) is 16.1. The van der Waals surface area contributed by atoms with Crippen LogP contribution in [0, 0.1) is 20.8 Å². The highest BCUT2D eigenvalue weighted by molar-refractivity contribution is 7.92. The van der Waals surface area contributed by atoms with Crippen LogP contribution in [0.1, 0.15) is 41.7 Å². The smallest absolute Gasteiger partial charge is 0.264 e. The van der Waals surface area contributed by atoms with Crippen molar-refractivity contribution in [2.24, 2.45) is 0 Å². The number of amides is 1. The molecule has 0 heterocycles. The zero-order valence-electron chi connectivity index (χ0n) is 20.4. The molecule has 1 amide bonds. The summed E-state index contributed by atoms with van der Waals surface area (Å²) in [5.41, 5.74) is 6.44. The van der Waals surface area contributed by atoms with Crippen LogP contribution in [0.15, 0.2) is 77.2 Å². The molecule has 34 heavy (non-hydrogen) atoms. The van der Waals surface area contributed by atoms with Crippen LogP contribution in [0.4, 0.5) is 5.69 Å². The average Bonchev–Trinajstić information content (AvgIpc) is 2.78.